The van der Waals surface area contributed by atoms with Gasteiger partial charge in [0.2, 0.25) is 0 Å². The Hall–Kier alpha value is -1.28. The highest BCUT2D eigenvalue weighted by atomic mass is 16.6. The summed E-state index contributed by atoms with van der Waals surface area (Å²) >= 11 is 0. The molecule has 0 bridgehead atoms. The van der Waals surface area contributed by atoms with Crippen molar-refractivity contribution in [3.8, 4) is 6.07 Å². The topological polar surface area (TPSA) is 79.3 Å². The summed E-state index contributed by atoms with van der Waals surface area (Å²) in [5, 5.41) is 8.97. The summed E-state index contributed by atoms with van der Waals surface area (Å²) in [6, 6.07) is 2.19. The lowest BCUT2D eigenvalue weighted by Crippen LogP contribution is -2.60. The van der Waals surface area contributed by atoms with Crippen LogP contribution in [-0.4, -0.2) is 35.2 Å². The molecular weight excluding hydrogens is 242 g/mol. The van der Waals surface area contributed by atoms with Gasteiger partial charge >= 0.3 is 6.09 Å². The van der Waals surface area contributed by atoms with Crippen molar-refractivity contribution in [1.82, 2.24) is 4.90 Å². The highest BCUT2D eigenvalue weighted by molar-refractivity contribution is 5.68. The van der Waals surface area contributed by atoms with Crippen LogP contribution in [0.4, 0.5) is 4.79 Å². The van der Waals surface area contributed by atoms with E-state index in [2.05, 4.69) is 6.07 Å². The van der Waals surface area contributed by atoms with E-state index in [1.54, 1.807) is 4.90 Å². The highest BCUT2D eigenvalue weighted by Gasteiger charge is 2.54. The smallest absolute Gasteiger partial charge is 0.410 e. The maximum absolute atomic E-state index is 11.9. The minimum atomic E-state index is -0.631. The molecule has 19 heavy (non-hydrogen) atoms. The minimum absolute atomic E-state index is 0.184. The van der Waals surface area contributed by atoms with Gasteiger partial charge in [-0.15, -0.1) is 0 Å². The van der Waals surface area contributed by atoms with Crippen LogP contribution in [-0.2, 0) is 4.74 Å². The van der Waals surface area contributed by atoms with E-state index in [9.17, 15) is 4.79 Å². The van der Waals surface area contributed by atoms with Crippen molar-refractivity contribution in [1.29, 1.82) is 5.26 Å². The average Bonchev–Trinajstić information content (AvgIpc) is 2.25. The van der Waals surface area contributed by atoms with Crippen molar-refractivity contribution in [3.63, 3.8) is 0 Å². The van der Waals surface area contributed by atoms with Crippen LogP contribution in [0.3, 0.4) is 0 Å². The third kappa shape index (κ3) is 3.01. The van der Waals surface area contributed by atoms with Gasteiger partial charge in [-0.05, 0) is 51.9 Å². The Kier molecular flexibility index (Phi) is 3.26. The van der Waals surface area contributed by atoms with E-state index in [0.29, 0.717) is 13.1 Å². The van der Waals surface area contributed by atoms with Crippen LogP contribution >= 0.6 is 0 Å². The number of nitriles is 1. The molecule has 2 rings (SSSR count). The number of hydrogen-bond donors (Lipinski definition) is 1. The number of piperidine rings is 1. The second kappa shape index (κ2) is 4.38. The second-order valence-electron chi connectivity index (χ2n) is 7.09. The van der Waals surface area contributed by atoms with Crippen LogP contribution in [0.2, 0.25) is 0 Å². The normalized spacial score (nSPS) is 24.5. The molecule has 0 radical (unpaired) electrons. The molecule has 2 N–H and O–H groups in total. The third-order valence-corrected chi connectivity index (χ3v) is 4.08. The Bertz CT molecular complexity index is 403. The number of likely N-dealkylation sites (tertiary alicyclic amines) is 1. The van der Waals surface area contributed by atoms with Gasteiger partial charge in [-0.1, -0.05) is 0 Å². The number of amides is 1. The molecule has 1 amide bonds. The zero-order chi connectivity index (χ0) is 14.3. The standard InChI is InChI=1S/C14H23N3O2/c1-12(2,3)19-11(18)17-6-4-13(5-7-17)8-14(16,9-13)10-15/h4-9,16H2,1-3H3. The molecule has 106 valence electrons. The lowest BCUT2D eigenvalue weighted by molar-refractivity contribution is -0.0235. The van der Waals surface area contributed by atoms with E-state index in [4.69, 9.17) is 15.7 Å². The summed E-state index contributed by atoms with van der Waals surface area (Å²) in [5.74, 6) is 0. The summed E-state index contributed by atoms with van der Waals surface area (Å²) < 4.78 is 5.37. The Morgan fingerprint density at radius 2 is 1.84 bits per heavy atom. The third-order valence-electron chi connectivity index (χ3n) is 4.08. The number of rotatable bonds is 0. The molecule has 0 aromatic carbocycles. The highest BCUT2D eigenvalue weighted by Crippen LogP contribution is 2.53. The molecule has 2 fully saturated rings. The van der Waals surface area contributed by atoms with Crippen LogP contribution in [0.15, 0.2) is 0 Å². The SMILES string of the molecule is CC(C)(C)OC(=O)N1CCC2(CC1)CC(N)(C#N)C2. The predicted octanol–water partition coefficient (Wildman–Crippen LogP) is 2.02. The average molecular weight is 265 g/mol. The van der Waals surface area contributed by atoms with Crippen molar-refractivity contribution in [2.45, 2.75) is 57.6 Å². The molecule has 0 aromatic rings. The van der Waals surface area contributed by atoms with E-state index in [0.717, 1.165) is 25.7 Å². The lowest BCUT2D eigenvalue weighted by atomic mass is 9.54. The van der Waals surface area contributed by atoms with E-state index >= 15 is 0 Å². The first-order chi connectivity index (χ1) is 8.67. The van der Waals surface area contributed by atoms with Crippen LogP contribution < -0.4 is 5.73 Å². The molecule has 1 aliphatic carbocycles. The first-order valence-corrected chi connectivity index (χ1v) is 6.85. The molecule has 1 heterocycles. The fourth-order valence-corrected chi connectivity index (χ4v) is 3.21. The van der Waals surface area contributed by atoms with Crippen LogP contribution in [0.25, 0.3) is 0 Å². The number of hydrogen-bond acceptors (Lipinski definition) is 4. The van der Waals surface area contributed by atoms with Gasteiger partial charge < -0.3 is 15.4 Å². The van der Waals surface area contributed by atoms with E-state index in [1.165, 1.54) is 0 Å². The van der Waals surface area contributed by atoms with E-state index in [1.807, 2.05) is 20.8 Å². The molecule has 0 unspecified atom stereocenters. The molecule has 0 atom stereocenters. The Morgan fingerprint density at radius 3 is 2.26 bits per heavy atom. The number of carbonyl (C=O) groups is 1. The van der Waals surface area contributed by atoms with Gasteiger partial charge in [-0.2, -0.15) is 5.26 Å². The summed E-state index contributed by atoms with van der Waals surface area (Å²) in [6.07, 6.45) is 3.14. The molecule has 1 saturated carbocycles. The first-order valence-electron chi connectivity index (χ1n) is 6.85. The molecular formula is C14H23N3O2. The van der Waals surface area contributed by atoms with Gasteiger partial charge in [0.1, 0.15) is 11.1 Å². The summed E-state index contributed by atoms with van der Waals surface area (Å²) in [7, 11) is 0. The van der Waals surface area contributed by atoms with Crippen LogP contribution in [0, 0.1) is 16.7 Å². The quantitative estimate of drug-likeness (QED) is 0.726. The Balaban J connectivity index is 1.84. The van der Waals surface area contributed by atoms with Gasteiger partial charge in [0.25, 0.3) is 0 Å². The minimum Gasteiger partial charge on any atom is -0.444 e. The number of ether oxygens (including phenoxy) is 1. The molecule has 2 aliphatic rings. The predicted molar refractivity (Wildman–Crippen MR) is 71.2 cm³/mol. The Labute approximate surface area is 114 Å². The molecule has 1 spiro atoms. The fourth-order valence-electron chi connectivity index (χ4n) is 3.21. The van der Waals surface area contributed by atoms with Gasteiger partial charge in [-0.3, -0.25) is 0 Å². The largest absolute Gasteiger partial charge is 0.444 e. The molecule has 5 nitrogen and oxygen atoms in total. The maximum Gasteiger partial charge on any atom is 0.410 e. The molecule has 5 heteroatoms. The lowest BCUT2D eigenvalue weighted by Gasteiger charge is -2.54. The van der Waals surface area contributed by atoms with Gasteiger partial charge in [-0.25, -0.2) is 4.79 Å². The fraction of sp³-hybridized carbons (Fsp3) is 0.857. The number of nitrogens with two attached hydrogens (primary N) is 1. The van der Waals surface area contributed by atoms with Crippen molar-refractivity contribution in [2.24, 2.45) is 11.1 Å². The number of nitrogens with zero attached hydrogens (tertiary/aromatic N) is 2. The molecule has 1 aliphatic heterocycles. The van der Waals surface area contributed by atoms with Crippen LogP contribution in [0.5, 0.6) is 0 Å². The molecule has 1 saturated heterocycles. The first kappa shape index (κ1) is 14.1. The molecule has 0 aromatic heterocycles. The number of carbonyl (C=O) groups excluding carboxylic acids is 1. The zero-order valence-corrected chi connectivity index (χ0v) is 12.0. The van der Waals surface area contributed by atoms with Crippen molar-refractivity contribution >= 4 is 6.09 Å². The van der Waals surface area contributed by atoms with E-state index in [-0.39, 0.29) is 11.5 Å². The second-order valence-corrected chi connectivity index (χ2v) is 7.09. The monoisotopic (exact) mass is 265 g/mol. The van der Waals surface area contributed by atoms with Gasteiger partial charge in [0.05, 0.1) is 6.07 Å². The summed E-state index contributed by atoms with van der Waals surface area (Å²) in [6.45, 7) is 7.03. The van der Waals surface area contributed by atoms with Crippen molar-refractivity contribution in [3.05, 3.63) is 0 Å². The van der Waals surface area contributed by atoms with E-state index < -0.39 is 11.1 Å². The Morgan fingerprint density at radius 1 is 1.32 bits per heavy atom. The van der Waals surface area contributed by atoms with Crippen LogP contribution in [0.1, 0.15) is 46.5 Å². The summed E-state index contributed by atoms with van der Waals surface area (Å²) in [5.41, 5.74) is 5.02. The van der Waals surface area contributed by atoms with Crippen molar-refractivity contribution in [2.75, 3.05) is 13.1 Å². The van der Waals surface area contributed by atoms with Crippen molar-refractivity contribution < 1.29 is 9.53 Å². The maximum atomic E-state index is 11.9. The van der Waals surface area contributed by atoms with Gasteiger partial charge in [0, 0.05) is 13.1 Å². The zero-order valence-electron chi connectivity index (χ0n) is 12.0. The summed E-state index contributed by atoms with van der Waals surface area (Å²) in [4.78, 5) is 13.7. The van der Waals surface area contributed by atoms with Gasteiger partial charge in [0.15, 0.2) is 0 Å².